The average molecular weight is 340 g/mol. The van der Waals surface area contributed by atoms with Crippen LogP contribution >= 0.6 is 0 Å². The van der Waals surface area contributed by atoms with E-state index in [1.165, 1.54) is 0 Å². The van der Waals surface area contributed by atoms with Gasteiger partial charge in [0.2, 0.25) is 0 Å². The molecule has 0 atom stereocenters. The Hall–Kier alpha value is -1.50. The molecule has 3 aliphatic rings. The third kappa shape index (κ3) is 3.45. The molecular weight excluding hydrogens is 312 g/mol. The van der Waals surface area contributed by atoms with Crippen molar-refractivity contribution in [3.8, 4) is 0 Å². The minimum Gasteiger partial charge on any atom is -0.444 e. The zero-order valence-corrected chi connectivity index (χ0v) is 14.8. The predicted molar refractivity (Wildman–Crippen MR) is 86.6 cm³/mol. The smallest absolute Gasteiger partial charge is 0.410 e. The molecule has 7 heteroatoms. The van der Waals surface area contributed by atoms with E-state index in [-0.39, 0.29) is 24.8 Å². The minimum absolute atomic E-state index is 0.190. The van der Waals surface area contributed by atoms with Gasteiger partial charge in [0, 0.05) is 38.6 Å². The summed E-state index contributed by atoms with van der Waals surface area (Å²) in [6, 6.07) is 0.193. The second-order valence-electron chi connectivity index (χ2n) is 8.32. The van der Waals surface area contributed by atoms with Crippen LogP contribution in [0.25, 0.3) is 0 Å². The fraction of sp³-hybridized carbons (Fsp3) is 0.882. The second-order valence-corrected chi connectivity index (χ2v) is 8.32. The van der Waals surface area contributed by atoms with Gasteiger partial charge in [-0.25, -0.2) is 9.59 Å². The van der Waals surface area contributed by atoms with Crippen molar-refractivity contribution in [2.24, 2.45) is 5.92 Å². The first-order valence-electron chi connectivity index (χ1n) is 8.80. The number of piperidine rings is 1. The van der Waals surface area contributed by atoms with Gasteiger partial charge < -0.3 is 24.4 Å². The highest BCUT2D eigenvalue weighted by Crippen LogP contribution is 2.39. The lowest BCUT2D eigenvalue weighted by atomic mass is 9.79. The first-order valence-corrected chi connectivity index (χ1v) is 8.80. The molecule has 2 saturated heterocycles. The van der Waals surface area contributed by atoms with Gasteiger partial charge >= 0.3 is 12.2 Å². The zero-order valence-electron chi connectivity index (χ0n) is 14.8. The van der Waals surface area contributed by atoms with Gasteiger partial charge in [-0.2, -0.15) is 0 Å². The summed E-state index contributed by atoms with van der Waals surface area (Å²) in [4.78, 5) is 27.9. The van der Waals surface area contributed by atoms with Crippen LogP contribution in [-0.4, -0.2) is 70.6 Å². The van der Waals surface area contributed by atoms with Crippen LogP contribution in [0.2, 0.25) is 0 Å². The Labute approximate surface area is 142 Å². The largest absolute Gasteiger partial charge is 0.444 e. The molecule has 136 valence electrons. The van der Waals surface area contributed by atoms with Gasteiger partial charge in [-0.3, -0.25) is 0 Å². The van der Waals surface area contributed by atoms with Crippen molar-refractivity contribution in [1.82, 2.24) is 9.80 Å². The summed E-state index contributed by atoms with van der Waals surface area (Å²) in [6.45, 7) is 7.42. The number of aliphatic hydroxyl groups excluding tert-OH is 1. The molecule has 3 fully saturated rings. The van der Waals surface area contributed by atoms with E-state index in [4.69, 9.17) is 14.6 Å². The molecule has 0 aromatic rings. The summed E-state index contributed by atoms with van der Waals surface area (Å²) in [6.07, 6.45) is 2.44. The van der Waals surface area contributed by atoms with E-state index in [2.05, 4.69) is 0 Å². The highest BCUT2D eigenvalue weighted by molar-refractivity contribution is 5.72. The molecule has 3 rings (SSSR count). The quantitative estimate of drug-likeness (QED) is 0.831. The molecule has 0 radical (unpaired) electrons. The van der Waals surface area contributed by atoms with Crippen LogP contribution in [0.5, 0.6) is 0 Å². The highest BCUT2D eigenvalue weighted by atomic mass is 16.6. The number of carbonyl (C=O) groups is 2. The first kappa shape index (κ1) is 17.3. The molecular formula is C17H28N2O5. The van der Waals surface area contributed by atoms with Gasteiger partial charge in [-0.05, 0) is 39.5 Å². The summed E-state index contributed by atoms with van der Waals surface area (Å²) >= 11 is 0. The maximum atomic E-state index is 12.2. The molecule has 0 aromatic heterocycles. The van der Waals surface area contributed by atoms with E-state index in [0.717, 1.165) is 12.8 Å². The standard InChI is InChI=1S/C17H28N2O5/c1-16(2,3)23-14(21)18-6-4-17(5-7-18)11-19(15(22)24-17)13-8-12(9-13)10-20/h12-13,20H,4-11H2,1-3H3. The fourth-order valence-corrected chi connectivity index (χ4v) is 3.72. The number of amides is 2. The Morgan fingerprint density at radius 2 is 1.96 bits per heavy atom. The Balaban J connectivity index is 1.53. The van der Waals surface area contributed by atoms with Gasteiger partial charge in [-0.15, -0.1) is 0 Å². The van der Waals surface area contributed by atoms with E-state index in [0.29, 0.717) is 38.4 Å². The molecule has 2 aliphatic heterocycles. The van der Waals surface area contributed by atoms with Gasteiger partial charge in [0.15, 0.2) is 0 Å². The van der Waals surface area contributed by atoms with Crippen molar-refractivity contribution < 1.29 is 24.2 Å². The van der Waals surface area contributed by atoms with Crippen LogP contribution in [-0.2, 0) is 9.47 Å². The lowest BCUT2D eigenvalue weighted by molar-refractivity contribution is -0.0173. The van der Waals surface area contributed by atoms with E-state index in [1.807, 2.05) is 25.7 Å². The van der Waals surface area contributed by atoms with Crippen LogP contribution in [0.15, 0.2) is 0 Å². The first-order chi connectivity index (χ1) is 11.2. The Kier molecular flexibility index (Phi) is 4.40. The maximum Gasteiger partial charge on any atom is 0.410 e. The van der Waals surface area contributed by atoms with Crippen molar-refractivity contribution >= 4 is 12.2 Å². The molecule has 0 bridgehead atoms. The van der Waals surface area contributed by atoms with E-state index in [9.17, 15) is 9.59 Å². The van der Waals surface area contributed by atoms with Crippen LogP contribution in [0.3, 0.4) is 0 Å². The fourth-order valence-electron chi connectivity index (χ4n) is 3.72. The van der Waals surface area contributed by atoms with Crippen molar-refractivity contribution in [2.75, 3.05) is 26.2 Å². The normalized spacial score (nSPS) is 29.4. The van der Waals surface area contributed by atoms with Crippen LogP contribution in [0, 0.1) is 5.92 Å². The average Bonchev–Trinajstić information content (AvgIpc) is 2.73. The summed E-state index contributed by atoms with van der Waals surface area (Å²) in [5.74, 6) is 0.313. The number of carbonyl (C=O) groups excluding carboxylic acids is 2. The molecule has 1 saturated carbocycles. The summed E-state index contributed by atoms with van der Waals surface area (Å²) < 4.78 is 11.1. The summed E-state index contributed by atoms with van der Waals surface area (Å²) in [5, 5.41) is 9.13. The van der Waals surface area contributed by atoms with Crippen LogP contribution in [0.1, 0.15) is 46.5 Å². The van der Waals surface area contributed by atoms with Crippen molar-refractivity contribution in [1.29, 1.82) is 0 Å². The number of aliphatic hydroxyl groups is 1. The van der Waals surface area contributed by atoms with Crippen LogP contribution < -0.4 is 0 Å². The Morgan fingerprint density at radius 1 is 1.33 bits per heavy atom. The van der Waals surface area contributed by atoms with Crippen LogP contribution in [0.4, 0.5) is 9.59 Å². The van der Waals surface area contributed by atoms with Crippen molar-refractivity contribution in [3.63, 3.8) is 0 Å². The molecule has 0 aromatic carbocycles. The molecule has 24 heavy (non-hydrogen) atoms. The SMILES string of the molecule is CC(C)(C)OC(=O)N1CCC2(CC1)CN(C1CC(CO)C1)C(=O)O2. The predicted octanol–water partition coefficient (Wildman–Crippen LogP) is 1.98. The van der Waals surface area contributed by atoms with Gasteiger partial charge in [-0.1, -0.05) is 0 Å². The third-order valence-corrected chi connectivity index (χ3v) is 5.23. The van der Waals surface area contributed by atoms with Gasteiger partial charge in [0.05, 0.1) is 6.54 Å². The number of rotatable bonds is 2. The van der Waals surface area contributed by atoms with E-state index >= 15 is 0 Å². The Bertz CT molecular complexity index is 502. The highest BCUT2D eigenvalue weighted by Gasteiger charge is 2.51. The molecule has 1 aliphatic carbocycles. The molecule has 1 N–H and O–H groups in total. The molecule has 7 nitrogen and oxygen atoms in total. The zero-order chi connectivity index (χ0) is 17.5. The van der Waals surface area contributed by atoms with E-state index < -0.39 is 11.2 Å². The molecule has 2 amide bonds. The maximum absolute atomic E-state index is 12.2. The lowest BCUT2D eigenvalue weighted by Gasteiger charge is -2.41. The van der Waals surface area contributed by atoms with Crippen molar-refractivity contribution in [3.05, 3.63) is 0 Å². The third-order valence-electron chi connectivity index (χ3n) is 5.23. The number of hydrogen-bond acceptors (Lipinski definition) is 5. The van der Waals surface area contributed by atoms with E-state index in [1.54, 1.807) is 4.90 Å². The van der Waals surface area contributed by atoms with Gasteiger partial charge in [0.25, 0.3) is 0 Å². The molecule has 1 spiro atoms. The minimum atomic E-state index is -0.504. The lowest BCUT2D eigenvalue weighted by Crippen LogP contribution is -2.51. The topological polar surface area (TPSA) is 79.3 Å². The number of likely N-dealkylation sites (tertiary alicyclic amines) is 1. The monoisotopic (exact) mass is 340 g/mol. The summed E-state index contributed by atoms with van der Waals surface area (Å²) in [5.41, 5.74) is -0.976. The Morgan fingerprint density at radius 3 is 2.50 bits per heavy atom. The number of ether oxygens (including phenoxy) is 2. The van der Waals surface area contributed by atoms with Gasteiger partial charge in [0.1, 0.15) is 11.2 Å². The number of nitrogens with zero attached hydrogens (tertiary/aromatic N) is 2. The molecule has 2 heterocycles. The van der Waals surface area contributed by atoms with Crippen molar-refractivity contribution in [2.45, 2.75) is 63.7 Å². The molecule has 0 unspecified atom stereocenters. The number of hydrogen-bond donors (Lipinski definition) is 1. The second kappa shape index (κ2) is 6.10. The summed E-state index contributed by atoms with van der Waals surface area (Å²) in [7, 11) is 0.